The third-order valence-electron chi connectivity index (χ3n) is 4.61. The molecule has 0 radical (unpaired) electrons. The van der Waals surface area contributed by atoms with Gasteiger partial charge in [-0.05, 0) is 55.5 Å². The van der Waals surface area contributed by atoms with Gasteiger partial charge in [0.25, 0.3) is 15.9 Å². The fourth-order valence-electron chi connectivity index (χ4n) is 2.85. The molecule has 0 aliphatic carbocycles. The summed E-state index contributed by atoms with van der Waals surface area (Å²) in [5.74, 6) is 0.659. The van der Waals surface area contributed by atoms with E-state index in [2.05, 4.69) is 25.7 Å². The molecule has 14 heteroatoms. The minimum absolute atomic E-state index is 0.0347. The number of sulfonamides is 1. The average molecular weight is 535 g/mol. The van der Waals surface area contributed by atoms with Gasteiger partial charge in [0.2, 0.25) is 21.2 Å². The van der Waals surface area contributed by atoms with Crippen LogP contribution in [0.3, 0.4) is 0 Å². The van der Waals surface area contributed by atoms with E-state index >= 15 is 0 Å². The Hall–Kier alpha value is -3.39. The number of carbonyl (C=O) groups excluding carboxylic acids is 1. The summed E-state index contributed by atoms with van der Waals surface area (Å²) in [7, 11) is -2.67. The minimum Gasteiger partial charge on any atom is -0.494 e. The number of nitrogens with zero attached hydrogens (tertiary/aromatic N) is 5. The first kappa shape index (κ1) is 24.7. The second kappa shape index (κ2) is 10.5. The van der Waals surface area contributed by atoms with E-state index in [4.69, 9.17) is 20.9 Å². The van der Waals surface area contributed by atoms with Crippen LogP contribution in [0.5, 0.6) is 5.75 Å². The van der Waals surface area contributed by atoms with E-state index in [9.17, 15) is 13.2 Å². The highest BCUT2D eigenvalue weighted by atomic mass is 35.5. The lowest BCUT2D eigenvalue weighted by molar-refractivity contribution is 0.102. The molecular weight excluding hydrogens is 516 g/mol. The van der Waals surface area contributed by atoms with E-state index in [-0.39, 0.29) is 21.9 Å². The maximum atomic E-state index is 12.9. The highest BCUT2D eigenvalue weighted by Gasteiger charge is 2.28. The fraction of sp³-hybridized carbons (Fsp3) is 0.190. The minimum atomic E-state index is -4.02. The SMILES string of the molecule is CCOc1ccc(-c2noc(CN(C)S(=O)(=O)c3nnc(NC(=O)c4ccc(Cl)cc4)s3)n2)cc1. The van der Waals surface area contributed by atoms with Crippen molar-refractivity contribution in [3.63, 3.8) is 0 Å². The van der Waals surface area contributed by atoms with E-state index in [1.165, 1.54) is 19.2 Å². The van der Waals surface area contributed by atoms with Crippen molar-refractivity contribution in [2.24, 2.45) is 0 Å². The van der Waals surface area contributed by atoms with Crippen LogP contribution in [0.1, 0.15) is 23.2 Å². The summed E-state index contributed by atoms with van der Waals surface area (Å²) in [6.07, 6.45) is 0. The lowest BCUT2D eigenvalue weighted by Crippen LogP contribution is -2.26. The van der Waals surface area contributed by atoms with Gasteiger partial charge in [-0.3, -0.25) is 10.1 Å². The summed E-state index contributed by atoms with van der Waals surface area (Å²) < 4.78 is 37.2. The molecule has 1 N–H and O–H groups in total. The van der Waals surface area contributed by atoms with Crippen LogP contribution in [0, 0.1) is 0 Å². The van der Waals surface area contributed by atoms with E-state index in [1.54, 1.807) is 36.4 Å². The molecule has 2 aromatic carbocycles. The Bertz CT molecular complexity index is 1420. The number of hydrogen-bond acceptors (Lipinski definition) is 10. The number of benzene rings is 2. The Labute approximate surface area is 209 Å². The van der Waals surface area contributed by atoms with Crippen molar-refractivity contribution in [2.75, 3.05) is 19.0 Å². The van der Waals surface area contributed by atoms with Gasteiger partial charge in [-0.1, -0.05) is 28.1 Å². The molecule has 0 aliphatic rings. The number of anilines is 1. The first-order valence-corrected chi connectivity index (χ1v) is 12.8. The van der Waals surface area contributed by atoms with Crippen LogP contribution < -0.4 is 10.1 Å². The van der Waals surface area contributed by atoms with E-state index in [0.29, 0.717) is 34.3 Å². The molecule has 2 aromatic heterocycles. The molecule has 0 atom stereocenters. The molecule has 0 aliphatic heterocycles. The molecule has 4 rings (SSSR count). The number of ether oxygens (including phenoxy) is 1. The molecule has 0 saturated heterocycles. The number of amides is 1. The second-order valence-electron chi connectivity index (χ2n) is 7.06. The van der Waals surface area contributed by atoms with E-state index in [0.717, 1.165) is 15.6 Å². The molecular formula is C21H19ClN6O5S2. The smallest absolute Gasteiger partial charge is 0.272 e. The number of nitrogens with one attached hydrogen (secondary N) is 1. The number of carbonyl (C=O) groups is 1. The van der Waals surface area contributed by atoms with Gasteiger partial charge in [0.05, 0.1) is 13.2 Å². The van der Waals surface area contributed by atoms with Gasteiger partial charge in [0, 0.05) is 23.2 Å². The topological polar surface area (TPSA) is 140 Å². The van der Waals surface area contributed by atoms with Gasteiger partial charge in [0.15, 0.2) is 0 Å². The largest absolute Gasteiger partial charge is 0.494 e. The third-order valence-corrected chi connectivity index (χ3v) is 7.85. The summed E-state index contributed by atoms with van der Waals surface area (Å²) in [6.45, 7) is 2.26. The zero-order valence-electron chi connectivity index (χ0n) is 18.5. The summed E-state index contributed by atoms with van der Waals surface area (Å²) in [4.78, 5) is 16.6. The van der Waals surface area contributed by atoms with Crippen molar-refractivity contribution in [3.8, 4) is 17.1 Å². The highest BCUT2D eigenvalue weighted by molar-refractivity contribution is 7.91. The Morgan fingerprint density at radius 2 is 1.86 bits per heavy atom. The van der Waals surface area contributed by atoms with Gasteiger partial charge < -0.3 is 9.26 Å². The fourth-order valence-corrected chi connectivity index (χ4v) is 5.18. The molecule has 0 spiro atoms. The van der Waals surface area contributed by atoms with Crippen molar-refractivity contribution in [3.05, 3.63) is 65.0 Å². The Morgan fingerprint density at radius 1 is 1.14 bits per heavy atom. The summed E-state index contributed by atoms with van der Waals surface area (Å²) in [5, 5.41) is 14.4. The third kappa shape index (κ3) is 5.82. The first-order valence-electron chi connectivity index (χ1n) is 10.2. The monoisotopic (exact) mass is 534 g/mol. The Kier molecular flexibility index (Phi) is 7.40. The van der Waals surface area contributed by atoms with Crippen molar-refractivity contribution >= 4 is 44.0 Å². The lowest BCUT2D eigenvalue weighted by atomic mass is 10.2. The van der Waals surface area contributed by atoms with Crippen LogP contribution in [-0.2, 0) is 16.6 Å². The average Bonchev–Trinajstić information content (AvgIpc) is 3.50. The normalized spacial score (nSPS) is 11.5. The zero-order valence-corrected chi connectivity index (χ0v) is 20.9. The summed E-state index contributed by atoms with van der Waals surface area (Å²) >= 11 is 6.55. The van der Waals surface area contributed by atoms with Gasteiger partial charge in [-0.15, -0.1) is 10.2 Å². The second-order valence-corrected chi connectivity index (χ2v) is 10.7. The zero-order chi connectivity index (χ0) is 25.0. The summed E-state index contributed by atoms with van der Waals surface area (Å²) in [5.41, 5.74) is 1.03. The lowest BCUT2D eigenvalue weighted by Gasteiger charge is -2.11. The number of rotatable bonds is 9. The number of aromatic nitrogens is 4. The maximum absolute atomic E-state index is 12.9. The predicted molar refractivity (Wildman–Crippen MR) is 129 cm³/mol. The van der Waals surface area contributed by atoms with Gasteiger partial charge in [-0.2, -0.15) is 9.29 Å². The summed E-state index contributed by atoms with van der Waals surface area (Å²) in [6, 6.07) is 13.3. The van der Waals surface area contributed by atoms with Gasteiger partial charge in [0.1, 0.15) is 5.75 Å². The molecule has 11 nitrogen and oxygen atoms in total. The molecule has 4 aromatic rings. The molecule has 0 saturated carbocycles. The van der Waals surface area contributed by atoms with Crippen LogP contribution in [-0.4, -0.2) is 52.6 Å². The molecule has 0 bridgehead atoms. The first-order chi connectivity index (χ1) is 16.8. The number of halogens is 1. The maximum Gasteiger partial charge on any atom is 0.272 e. The number of hydrogen-bond donors (Lipinski definition) is 1. The van der Waals surface area contributed by atoms with Crippen LogP contribution >= 0.6 is 22.9 Å². The standard InChI is InChI=1S/C21H19ClN6O5S2/c1-3-32-16-10-6-13(7-11-16)18-23-17(33-27-18)12-28(2)35(30,31)21-26-25-20(34-21)24-19(29)14-4-8-15(22)9-5-14/h4-11H,3,12H2,1-2H3,(H,24,25,29). The van der Waals surface area contributed by atoms with Crippen molar-refractivity contribution in [1.29, 1.82) is 0 Å². The highest BCUT2D eigenvalue weighted by Crippen LogP contribution is 2.25. The molecule has 0 fully saturated rings. The molecule has 1 amide bonds. The Morgan fingerprint density at radius 3 is 2.54 bits per heavy atom. The van der Waals surface area contributed by atoms with Crippen molar-refractivity contribution in [2.45, 2.75) is 17.8 Å². The van der Waals surface area contributed by atoms with Crippen LogP contribution in [0.2, 0.25) is 5.02 Å². The van der Waals surface area contributed by atoms with Gasteiger partial charge in [-0.25, -0.2) is 8.42 Å². The van der Waals surface area contributed by atoms with Crippen LogP contribution in [0.4, 0.5) is 5.13 Å². The van der Waals surface area contributed by atoms with Crippen molar-refractivity contribution < 1.29 is 22.5 Å². The van der Waals surface area contributed by atoms with Crippen LogP contribution in [0.25, 0.3) is 11.4 Å². The van der Waals surface area contributed by atoms with E-state index < -0.39 is 15.9 Å². The molecule has 35 heavy (non-hydrogen) atoms. The van der Waals surface area contributed by atoms with Crippen LogP contribution in [0.15, 0.2) is 57.4 Å². The Balaban J connectivity index is 1.42. The predicted octanol–water partition coefficient (Wildman–Crippen LogP) is 3.71. The molecule has 2 heterocycles. The van der Waals surface area contributed by atoms with Crippen molar-refractivity contribution in [1.82, 2.24) is 24.6 Å². The molecule has 182 valence electrons. The van der Waals surface area contributed by atoms with E-state index in [1.807, 2.05) is 6.92 Å². The molecule has 0 unspecified atom stereocenters. The van der Waals surface area contributed by atoms with Gasteiger partial charge >= 0.3 is 0 Å². The quantitative estimate of drug-likeness (QED) is 0.318.